The van der Waals surface area contributed by atoms with Crippen molar-refractivity contribution < 1.29 is 21.2 Å². The van der Waals surface area contributed by atoms with Gasteiger partial charge in [-0.25, -0.2) is 4.79 Å². The van der Waals surface area contributed by atoms with Crippen LogP contribution in [0, 0.1) is 0 Å². The maximum atomic E-state index is 10.6. The summed E-state index contributed by atoms with van der Waals surface area (Å²) in [7, 11) is 0. The Kier molecular flexibility index (Phi) is 3.40. The Labute approximate surface area is 65.4 Å². The zero-order valence-corrected chi connectivity index (χ0v) is 5.91. The first-order valence-electron chi connectivity index (χ1n) is 3.74. The number of hydrogen-bond acceptors (Lipinski definition) is 3. The van der Waals surface area contributed by atoms with Crippen molar-refractivity contribution in [3.63, 3.8) is 0 Å². The monoisotopic (exact) mass is 162 g/mol. The highest BCUT2D eigenvalue weighted by Gasteiger charge is 2.16. The molecule has 0 aromatic rings. The summed E-state index contributed by atoms with van der Waals surface area (Å²) in [6.45, 7) is -0.815. The Morgan fingerprint density at radius 1 is 1.73 bits per heavy atom. The molecule has 1 atom stereocenters. The van der Waals surface area contributed by atoms with E-state index in [-0.39, 0.29) is 13.0 Å². The molecule has 0 aliphatic heterocycles. The molecule has 0 saturated carbocycles. The minimum absolute atomic E-state index is 0.0406. The van der Waals surface area contributed by atoms with E-state index in [1.807, 2.05) is 0 Å². The number of aliphatic carboxylic acids is 1. The molecule has 0 bridgehead atoms. The van der Waals surface area contributed by atoms with Crippen molar-refractivity contribution in [3.05, 3.63) is 0 Å². The van der Waals surface area contributed by atoms with Crippen molar-refractivity contribution in [2.75, 3.05) is 6.61 Å². The number of amides is 1. The molecule has 64 valence electrons. The molecule has 0 radical (unpaired) electrons. The molecule has 0 rings (SSSR count). The van der Waals surface area contributed by atoms with Crippen LogP contribution in [0.25, 0.3) is 0 Å². The molecular weight excluding hydrogens is 150 g/mol. The van der Waals surface area contributed by atoms with Crippen LogP contribution in [-0.4, -0.2) is 34.7 Å². The third-order valence-electron chi connectivity index (χ3n) is 1.05. The first-order chi connectivity index (χ1) is 5.61. The van der Waals surface area contributed by atoms with Crippen molar-refractivity contribution in [3.8, 4) is 0 Å². The summed E-state index contributed by atoms with van der Waals surface area (Å²) < 4.78 is 6.61. The second kappa shape index (κ2) is 4.68. The van der Waals surface area contributed by atoms with Gasteiger partial charge < -0.3 is 15.5 Å². The van der Waals surface area contributed by atoms with Gasteiger partial charge in [0.2, 0.25) is 5.91 Å². The topological polar surface area (TPSA) is 86.6 Å². The van der Waals surface area contributed by atoms with E-state index in [0.29, 0.717) is 0 Å². The fourth-order valence-corrected chi connectivity index (χ4v) is 0.581. The highest BCUT2D eigenvalue weighted by atomic mass is 16.4. The maximum Gasteiger partial charge on any atom is 0.326 e. The molecule has 0 spiro atoms. The number of hydrogen-bond donors (Lipinski definition) is 3. The average molecular weight is 162 g/mol. The summed E-state index contributed by atoms with van der Waals surface area (Å²) in [4.78, 5) is 20.9. The number of aliphatic hydroxyl groups is 1. The Balaban J connectivity index is 3.95. The first-order valence-corrected chi connectivity index (χ1v) is 3.04. The van der Waals surface area contributed by atoms with Gasteiger partial charge in [-0.05, 0) is 0 Å². The third kappa shape index (κ3) is 4.32. The Bertz CT molecular complexity index is 171. The minimum atomic E-state index is -1.20. The standard InChI is InChI=1S/C6H11NO4/c1-4(9)7-5(2-3-8)6(10)11/h5,8H,2-3H2,1H3,(H,7,9)(H,10,11)/t5-/m0/s1/i1D. The molecule has 11 heavy (non-hydrogen) atoms. The zero-order chi connectivity index (χ0) is 9.56. The zero-order valence-electron chi connectivity index (χ0n) is 6.91. The van der Waals surface area contributed by atoms with Gasteiger partial charge in [0.1, 0.15) is 6.04 Å². The fourth-order valence-electron chi connectivity index (χ4n) is 0.581. The summed E-state index contributed by atoms with van der Waals surface area (Å²) >= 11 is 0. The molecular formula is C6H11NO4. The average Bonchev–Trinajstić information content (AvgIpc) is 2.03. The summed E-state index contributed by atoms with van der Waals surface area (Å²) in [5, 5.41) is 19.0. The normalized spacial score (nSPS) is 13.4. The van der Waals surface area contributed by atoms with Crippen LogP contribution in [-0.2, 0) is 9.59 Å². The van der Waals surface area contributed by atoms with Crippen LogP contribution < -0.4 is 5.32 Å². The van der Waals surface area contributed by atoms with E-state index < -0.39 is 24.8 Å². The quantitative estimate of drug-likeness (QED) is 0.492. The molecule has 0 aromatic heterocycles. The van der Waals surface area contributed by atoms with Gasteiger partial charge in [0.05, 0.1) is 0 Å². The highest BCUT2D eigenvalue weighted by Crippen LogP contribution is 1.90. The van der Waals surface area contributed by atoms with Crippen LogP contribution in [0.1, 0.15) is 14.7 Å². The number of rotatable bonds is 4. The van der Waals surface area contributed by atoms with E-state index in [1.54, 1.807) is 0 Å². The molecule has 0 saturated heterocycles. The first kappa shape index (κ1) is 8.00. The van der Waals surface area contributed by atoms with Gasteiger partial charge in [-0.1, -0.05) is 0 Å². The van der Waals surface area contributed by atoms with Gasteiger partial charge in [0.15, 0.2) is 0 Å². The van der Waals surface area contributed by atoms with Crippen molar-refractivity contribution in [2.45, 2.75) is 19.4 Å². The molecule has 5 heteroatoms. The van der Waals surface area contributed by atoms with E-state index in [1.165, 1.54) is 0 Å². The predicted octanol–water partition coefficient (Wildman–Crippen LogP) is -1.04. The van der Waals surface area contributed by atoms with E-state index in [2.05, 4.69) is 5.32 Å². The van der Waals surface area contributed by atoms with Crippen LogP contribution in [0.3, 0.4) is 0 Å². The number of carbonyl (C=O) groups is 2. The molecule has 0 heterocycles. The lowest BCUT2D eigenvalue weighted by molar-refractivity contribution is -0.142. The molecule has 3 N–H and O–H groups in total. The smallest absolute Gasteiger partial charge is 0.326 e. The van der Waals surface area contributed by atoms with Crippen LogP contribution in [0.2, 0.25) is 0 Å². The number of carboxylic acids is 1. The molecule has 0 fully saturated rings. The Morgan fingerprint density at radius 3 is 2.73 bits per heavy atom. The van der Waals surface area contributed by atoms with Crippen LogP contribution >= 0.6 is 0 Å². The summed E-state index contributed by atoms with van der Waals surface area (Å²) in [6, 6.07) is -1.09. The van der Waals surface area contributed by atoms with Crippen molar-refractivity contribution >= 4 is 11.9 Å². The van der Waals surface area contributed by atoms with Gasteiger partial charge in [0, 0.05) is 21.3 Å². The molecule has 0 unspecified atom stereocenters. The molecule has 5 nitrogen and oxygen atoms in total. The SMILES string of the molecule is [2H]CC(=O)N[C@@H](CCO)C(=O)O. The van der Waals surface area contributed by atoms with E-state index in [4.69, 9.17) is 11.6 Å². The Hall–Kier alpha value is -1.10. The van der Waals surface area contributed by atoms with Crippen LogP contribution in [0.15, 0.2) is 0 Å². The largest absolute Gasteiger partial charge is 0.480 e. The second-order valence-electron chi connectivity index (χ2n) is 1.97. The van der Waals surface area contributed by atoms with Crippen LogP contribution in [0.5, 0.6) is 0 Å². The fraction of sp³-hybridized carbons (Fsp3) is 0.667. The van der Waals surface area contributed by atoms with Gasteiger partial charge in [-0.15, -0.1) is 0 Å². The molecule has 0 aromatic carbocycles. The van der Waals surface area contributed by atoms with E-state index in [9.17, 15) is 9.59 Å². The Morgan fingerprint density at radius 2 is 2.36 bits per heavy atom. The van der Waals surface area contributed by atoms with Crippen LogP contribution in [0.4, 0.5) is 0 Å². The third-order valence-corrected chi connectivity index (χ3v) is 1.05. The second-order valence-corrected chi connectivity index (χ2v) is 1.97. The lowest BCUT2D eigenvalue weighted by Crippen LogP contribution is -2.40. The lowest BCUT2D eigenvalue weighted by atomic mass is 10.2. The summed E-state index contributed by atoms with van der Waals surface area (Å²) in [5.74, 6) is -1.86. The number of aliphatic hydroxyl groups excluding tert-OH is 1. The van der Waals surface area contributed by atoms with Gasteiger partial charge in [0.25, 0.3) is 0 Å². The molecule has 1 amide bonds. The minimum Gasteiger partial charge on any atom is -0.480 e. The number of nitrogens with one attached hydrogen (secondary N) is 1. The van der Waals surface area contributed by atoms with Gasteiger partial charge in [-0.2, -0.15) is 0 Å². The van der Waals surface area contributed by atoms with Crippen molar-refractivity contribution in [1.29, 1.82) is 0 Å². The van der Waals surface area contributed by atoms with E-state index >= 15 is 0 Å². The molecule has 0 aliphatic carbocycles. The summed E-state index contributed by atoms with van der Waals surface area (Å²) in [6.07, 6.45) is -0.0406. The van der Waals surface area contributed by atoms with Crippen molar-refractivity contribution in [2.24, 2.45) is 0 Å². The highest BCUT2D eigenvalue weighted by molar-refractivity contribution is 5.81. The predicted molar refractivity (Wildman–Crippen MR) is 36.9 cm³/mol. The number of carboxylic acid groups (broad SMARTS) is 1. The maximum absolute atomic E-state index is 10.6. The van der Waals surface area contributed by atoms with E-state index in [0.717, 1.165) is 0 Å². The lowest BCUT2D eigenvalue weighted by Gasteiger charge is -2.10. The van der Waals surface area contributed by atoms with Crippen molar-refractivity contribution in [1.82, 2.24) is 5.32 Å². The molecule has 0 aliphatic rings. The number of carbonyl (C=O) groups excluding carboxylic acids is 1. The van der Waals surface area contributed by atoms with Gasteiger partial charge in [-0.3, -0.25) is 4.79 Å². The van der Waals surface area contributed by atoms with Gasteiger partial charge >= 0.3 is 5.97 Å². The summed E-state index contributed by atoms with van der Waals surface area (Å²) in [5.41, 5.74) is 0.